The Kier molecular flexibility index (Phi) is 9.14. The molecule has 1 nitrogen and oxygen atoms in total. The highest BCUT2D eigenvalue weighted by atomic mass is 15.1. The fourth-order valence-electron chi connectivity index (χ4n) is 11.2. The van der Waals surface area contributed by atoms with Gasteiger partial charge in [0, 0.05) is 22.4 Å². The molecule has 0 atom stereocenters. The third-order valence-electron chi connectivity index (χ3n) is 14.2. The summed E-state index contributed by atoms with van der Waals surface area (Å²) < 4.78 is 0. The molecule has 0 N–H and O–H groups in total. The molecule has 0 aromatic heterocycles. The molecule has 0 saturated heterocycles. The van der Waals surface area contributed by atoms with E-state index < -0.39 is 5.41 Å². The lowest BCUT2D eigenvalue weighted by atomic mass is 9.63. The Labute approximate surface area is 382 Å². The third-order valence-corrected chi connectivity index (χ3v) is 14.2. The van der Waals surface area contributed by atoms with Crippen molar-refractivity contribution in [3.63, 3.8) is 0 Å². The summed E-state index contributed by atoms with van der Waals surface area (Å²) >= 11 is 0. The summed E-state index contributed by atoms with van der Waals surface area (Å²) in [5, 5.41) is 0. The van der Waals surface area contributed by atoms with Crippen LogP contribution in [-0.4, -0.2) is 0 Å². The summed E-state index contributed by atoms with van der Waals surface area (Å²) in [6, 6.07) is 92.3. The van der Waals surface area contributed by atoms with Gasteiger partial charge in [-0.05, 0) is 120 Å². The summed E-state index contributed by atoms with van der Waals surface area (Å²) in [5.74, 6) is 0. The molecule has 0 radical (unpaired) electrons. The number of para-hydroxylation sites is 1. The van der Waals surface area contributed by atoms with Gasteiger partial charge < -0.3 is 4.90 Å². The first kappa shape index (κ1) is 38.7. The Bertz CT molecular complexity index is 3330. The van der Waals surface area contributed by atoms with Gasteiger partial charge in [0.25, 0.3) is 0 Å². The molecule has 308 valence electrons. The van der Waals surface area contributed by atoms with E-state index in [-0.39, 0.29) is 5.41 Å². The summed E-state index contributed by atoms with van der Waals surface area (Å²) in [5.41, 5.74) is 22.6. The van der Waals surface area contributed by atoms with Crippen LogP contribution in [0, 0.1) is 0 Å². The van der Waals surface area contributed by atoms with Gasteiger partial charge in [-0.2, -0.15) is 0 Å². The number of anilines is 3. The molecule has 0 fully saturated rings. The SMILES string of the molecule is CC1(C)c2cc(-c3ccccc3)ccc2-c2ccc(N(c3cccc(C4(c5ccccc5)c5ccccc5-c5ccccc5-c5ccccc54)c3)c3ccccc3-c3ccccc3)cc21. The fraction of sp³-hybridized carbons (Fsp3) is 0.0625. The lowest BCUT2D eigenvalue weighted by molar-refractivity contribution is 0.660. The van der Waals surface area contributed by atoms with Gasteiger partial charge in [0.2, 0.25) is 0 Å². The normalized spacial score (nSPS) is 13.6. The minimum absolute atomic E-state index is 0.224. The van der Waals surface area contributed by atoms with Gasteiger partial charge in [-0.3, -0.25) is 0 Å². The third kappa shape index (κ3) is 6.07. The van der Waals surface area contributed by atoms with E-state index in [9.17, 15) is 0 Å². The quantitative estimate of drug-likeness (QED) is 0.155. The van der Waals surface area contributed by atoms with E-state index >= 15 is 0 Å². The zero-order valence-corrected chi connectivity index (χ0v) is 36.6. The first-order valence-corrected chi connectivity index (χ1v) is 22.8. The topological polar surface area (TPSA) is 3.24 Å². The van der Waals surface area contributed by atoms with E-state index in [1.165, 1.54) is 89.0 Å². The second kappa shape index (κ2) is 15.4. The Morgan fingerprint density at radius 1 is 0.277 bits per heavy atom. The number of nitrogens with zero attached hydrogens (tertiary/aromatic N) is 1. The van der Waals surface area contributed by atoms with Crippen LogP contribution < -0.4 is 4.90 Å². The van der Waals surface area contributed by atoms with Crippen LogP contribution in [0.15, 0.2) is 249 Å². The molecule has 12 rings (SSSR count). The monoisotopic (exact) mass is 829 g/mol. The molecule has 0 bridgehead atoms. The van der Waals surface area contributed by atoms with Crippen molar-refractivity contribution < 1.29 is 0 Å². The van der Waals surface area contributed by atoms with Crippen LogP contribution >= 0.6 is 0 Å². The predicted molar refractivity (Wildman–Crippen MR) is 272 cm³/mol. The van der Waals surface area contributed by atoms with E-state index in [2.05, 4.69) is 267 Å². The van der Waals surface area contributed by atoms with Crippen LogP contribution in [0.4, 0.5) is 17.1 Å². The summed E-state index contributed by atoms with van der Waals surface area (Å²) in [6.45, 7) is 4.78. The predicted octanol–water partition coefficient (Wildman–Crippen LogP) is 16.8. The molecule has 0 saturated carbocycles. The van der Waals surface area contributed by atoms with E-state index in [4.69, 9.17) is 0 Å². The lowest BCUT2D eigenvalue weighted by Crippen LogP contribution is -2.32. The van der Waals surface area contributed by atoms with Crippen LogP contribution in [0.3, 0.4) is 0 Å². The van der Waals surface area contributed by atoms with Gasteiger partial charge in [0.15, 0.2) is 0 Å². The zero-order chi connectivity index (χ0) is 43.5. The van der Waals surface area contributed by atoms with Crippen LogP contribution in [0.25, 0.3) is 55.6 Å². The minimum atomic E-state index is -0.661. The lowest BCUT2D eigenvalue weighted by Gasteiger charge is -2.39. The fourth-order valence-corrected chi connectivity index (χ4v) is 11.2. The van der Waals surface area contributed by atoms with Gasteiger partial charge in [0.05, 0.1) is 11.1 Å². The molecule has 2 aliphatic rings. The number of hydrogen-bond donors (Lipinski definition) is 0. The average molecular weight is 830 g/mol. The smallest absolute Gasteiger partial charge is 0.0714 e. The number of fused-ring (bicyclic) bond motifs is 8. The molecule has 10 aromatic carbocycles. The molecule has 10 aromatic rings. The average Bonchev–Trinajstić information content (AvgIpc) is 3.53. The number of benzene rings is 10. The molecule has 65 heavy (non-hydrogen) atoms. The number of hydrogen-bond acceptors (Lipinski definition) is 1. The standard InChI is InChI=1S/C64H47N/c1-63(2)60-41-46(44-21-6-3-7-22-44)37-39-56(60)57-40-38-50(43-61(57)63)65(62-36-19-16-29-51(62)45-23-8-4-9-24-45)49-28-20-27-48(42-49)64(47-25-10-5-11-26-47)58-34-17-14-32-54(58)52-30-12-13-31-53(52)55-33-15-18-35-59(55)64/h3-43H,1-2H3. The molecule has 0 heterocycles. The Hall–Kier alpha value is -8.00. The van der Waals surface area contributed by atoms with Crippen LogP contribution in [-0.2, 0) is 10.8 Å². The molecule has 1 heteroatoms. The van der Waals surface area contributed by atoms with Crippen molar-refractivity contribution >= 4 is 17.1 Å². The molecular formula is C64H47N. The maximum Gasteiger partial charge on any atom is 0.0714 e. The summed E-state index contributed by atoms with van der Waals surface area (Å²) in [6.07, 6.45) is 0. The van der Waals surface area contributed by atoms with E-state index in [0.717, 1.165) is 17.1 Å². The first-order valence-electron chi connectivity index (χ1n) is 22.8. The van der Waals surface area contributed by atoms with Gasteiger partial charge in [0.1, 0.15) is 0 Å². The van der Waals surface area contributed by atoms with Crippen LogP contribution in [0.5, 0.6) is 0 Å². The minimum Gasteiger partial charge on any atom is -0.310 e. The van der Waals surface area contributed by atoms with Crippen molar-refractivity contribution in [3.8, 4) is 55.6 Å². The second-order valence-corrected chi connectivity index (χ2v) is 18.0. The Morgan fingerprint density at radius 2 is 0.738 bits per heavy atom. The molecule has 0 amide bonds. The van der Waals surface area contributed by atoms with E-state index in [1.54, 1.807) is 0 Å². The van der Waals surface area contributed by atoms with Crippen molar-refractivity contribution in [2.75, 3.05) is 4.90 Å². The molecule has 0 aliphatic heterocycles. The maximum absolute atomic E-state index is 2.50. The Balaban J connectivity index is 1.11. The van der Waals surface area contributed by atoms with E-state index in [0.29, 0.717) is 0 Å². The van der Waals surface area contributed by atoms with Gasteiger partial charge >= 0.3 is 0 Å². The van der Waals surface area contributed by atoms with Crippen molar-refractivity contribution in [2.24, 2.45) is 0 Å². The molecule has 0 spiro atoms. The molecule has 0 unspecified atom stereocenters. The van der Waals surface area contributed by atoms with Crippen molar-refractivity contribution in [1.82, 2.24) is 0 Å². The van der Waals surface area contributed by atoms with E-state index in [1.807, 2.05) is 0 Å². The molecular weight excluding hydrogens is 783 g/mol. The summed E-state index contributed by atoms with van der Waals surface area (Å²) in [7, 11) is 0. The first-order chi connectivity index (χ1) is 32.0. The van der Waals surface area contributed by atoms with Gasteiger partial charge in [-0.1, -0.05) is 226 Å². The van der Waals surface area contributed by atoms with Crippen molar-refractivity contribution in [3.05, 3.63) is 282 Å². The van der Waals surface area contributed by atoms with Crippen molar-refractivity contribution in [2.45, 2.75) is 24.7 Å². The zero-order valence-electron chi connectivity index (χ0n) is 36.6. The van der Waals surface area contributed by atoms with Crippen LogP contribution in [0.1, 0.15) is 47.2 Å². The van der Waals surface area contributed by atoms with Crippen LogP contribution in [0.2, 0.25) is 0 Å². The summed E-state index contributed by atoms with van der Waals surface area (Å²) in [4.78, 5) is 2.50. The van der Waals surface area contributed by atoms with Gasteiger partial charge in [-0.15, -0.1) is 0 Å². The highest BCUT2D eigenvalue weighted by molar-refractivity contribution is 5.94. The van der Waals surface area contributed by atoms with Crippen molar-refractivity contribution in [1.29, 1.82) is 0 Å². The largest absolute Gasteiger partial charge is 0.310 e. The van der Waals surface area contributed by atoms with Gasteiger partial charge in [-0.25, -0.2) is 0 Å². The number of rotatable bonds is 7. The highest BCUT2D eigenvalue weighted by Gasteiger charge is 2.44. The Morgan fingerprint density at radius 3 is 1.38 bits per heavy atom. The highest BCUT2D eigenvalue weighted by Crippen LogP contribution is 2.57. The molecule has 2 aliphatic carbocycles. The second-order valence-electron chi connectivity index (χ2n) is 18.0. The maximum atomic E-state index is 2.50.